The Kier molecular flexibility index (Phi) is 7.29. The molecule has 0 aliphatic heterocycles. The van der Waals surface area contributed by atoms with Gasteiger partial charge in [0, 0.05) is 12.6 Å². The number of ether oxygens (including phenoxy) is 2. The van der Waals surface area contributed by atoms with Gasteiger partial charge in [0.15, 0.2) is 0 Å². The maximum Gasteiger partial charge on any atom is 0.0897 e. The van der Waals surface area contributed by atoms with Gasteiger partial charge < -0.3 is 19.9 Å². The Bertz CT molecular complexity index is 244. The van der Waals surface area contributed by atoms with E-state index in [9.17, 15) is 5.11 Å². The zero-order chi connectivity index (χ0) is 14.3. The van der Waals surface area contributed by atoms with Gasteiger partial charge in [-0.2, -0.15) is 0 Å². The van der Waals surface area contributed by atoms with Crippen LogP contribution in [-0.2, 0) is 9.47 Å². The first kappa shape index (κ1) is 16.9. The van der Waals surface area contributed by atoms with E-state index in [2.05, 4.69) is 19.2 Å². The lowest BCUT2D eigenvalue weighted by Crippen LogP contribution is -2.42. The normalized spacial score (nSPS) is 24.0. The lowest BCUT2D eigenvalue weighted by molar-refractivity contribution is -0.0111. The van der Waals surface area contributed by atoms with Crippen LogP contribution in [0.2, 0.25) is 0 Å². The molecular formula is C15H31NO3. The van der Waals surface area contributed by atoms with Crippen LogP contribution in [0.15, 0.2) is 0 Å². The number of hydrogen-bond donors (Lipinski definition) is 2. The fraction of sp³-hybridized carbons (Fsp3) is 1.00. The smallest absolute Gasteiger partial charge is 0.0897 e. The minimum Gasteiger partial charge on any atom is -0.389 e. The van der Waals surface area contributed by atoms with Gasteiger partial charge >= 0.3 is 0 Å². The van der Waals surface area contributed by atoms with Crippen molar-refractivity contribution < 1.29 is 14.6 Å². The second-order valence-corrected chi connectivity index (χ2v) is 6.49. The van der Waals surface area contributed by atoms with E-state index in [-0.39, 0.29) is 6.10 Å². The van der Waals surface area contributed by atoms with Gasteiger partial charge in [0.05, 0.1) is 32.0 Å². The number of aliphatic hydroxyl groups excluding tert-OH is 1. The van der Waals surface area contributed by atoms with Crippen LogP contribution in [0.25, 0.3) is 0 Å². The standard InChI is InChI=1S/C15H31NO3/c1-12(2)19-9-8-18-11-13(17)10-16-14-6-5-7-15(14,3)4/h12-14,16-17H,5-11H2,1-4H3. The average Bonchev–Trinajstić information content (AvgIpc) is 2.65. The second kappa shape index (κ2) is 8.20. The largest absolute Gasteiger partial charge is 0.389 e. The predicted molar refractivity (Wildman–Crippen MR) is 77.3 cm³/mol. The zero-order valence-corrected chi connectivity index (χ0v) is 12.9. The molecule has 0 aromatic rings. The average molecular weight is 273 g/mol. The summed E-state index contributed by atoms with van der Waals surface area (Å²) in [6.45, 7) is 10.7. The molecule has 1 rings (SSSR count). The molecule has 4 nitrogen and oxygen atoms in total. The Morgan fingerprint density at radius 2 is 2.05 bits per heavy atom. The summed E-state index contributed by atoms with van der Waals surface area (Å²) in [6, 6.07) is 0.520. The summed E-state index contributed by atoms with van der Waals surface area (Å²) in [6.07, 6.45) is 3.56. The molecule has 2 atom stereocenters. The molecule has 0 heterocycles. The molecule has 0 amide bonds. The Morgan fingerprint density at radius 1 is 1.32 bits per heavy atom. The summed E-state index contributed by atoms with van der Waals surface area (Å²) in [5, 5.41) is 13.3. The Labute approximate surface area is 117 Å². The van der Waals surface area contributed by atoms with Crippen LogP contribution in [0.1, 0.15) is 47.0 Å². The molecule has 0 radical (unpaired) electrons. The van der Waals surface area contributed by atoms with Crippen molar-refractivity contribution in [2.45, 2.75) is 65.2 Å². The molecule has 1 aliphatic rings. The number of nitrogens with one attached hydrogen (secondary N) is 1. The minimum atomic E-state index is -0.435. The van der Waals surface area contributed by atoms with E-state index in [1.54, 1.807) is 0 Å². The highest BCUT2D eigenvalue weighted by atomic mass is 16.5. The lowest BCUT2D eigenvalue weighted by Gasteiger charge is -2.28. The quantitative estimate of drug-likeness (QED) is 0.631. The van der Waals surface area contributed by atoms with E-state index in [1.807, 2.05) is 13.8 Å². The lowest BCUT2D eigenvalue weighted by atomic mass is 9.87. The highest BCUT2D eigenvalue weighted by Gasteiger charge is 2.34. The molecule has 1 aliphatic carbocycles. The van der Waals surface area contributed by atoms with Gasteiger partial charge in [0.2, 0.25) is 0 Å². The van der Waals surface area contributed by atoms with E-state index in [4.69, 9.17) is 9.47 Å². The van der Waals surface area contributed by atoms with Gasteiger partial charge in [0.25, 0.3) is 0 Å². The summed E-state index contributed by atoms with van der Waals surface area (Å²) in [5.74, 6) is 0. The van der Waals surface area contributed by atoms with Crippen LogP contribution < -0.4 is 5.32 Å². The van der Waals surface area contributed by atoms with Crippen molar-refractivity contribution in [3.8, 4) is 0 Å². The van der Waals surface area contributed by atoms with Crippen molar-refractivity contribution in [3.05, 3.63) is 0 Å². The minimum absolute atomic E-state index is 0.236. The Balaban J connectivity index is 2.03. The van der Waals surface area contributed by atoms with Gasteiger partial charge in [0.1, 0.15) is 0 Å². The van der Waals surface area contributed by atoms with Crippen molar-refractivity contribution in [2.24, 2.45) is 5.41 Å². The second-order valence-electron chi connectivity index (χ2n) is 6.49. The fourth-order valence-corrected chi connectivity index (χ4v) is 2.60. The first-order valence-corrected chi connectivity index (χ1v) is 7.52. The van der Waals surface area contributed by atoms with Crippen molar-refractivity contribution in [2.75, 3.05) is 26.4 Å². The molecule has 0 saturated heterocycles. The summed E-state index contributed by atoms with van der Waals surface area (Å²) in [7, 11) is 0. The number of hydrogen-bond acceptors (Lipinski definition) is 4. The molecule has 4 heteroatoms. The van der Waals surface area contributed by atoms with Gasteiger partial charge in [-0.1, -0.05) is 20.3 Å². The van der Waals surface area contributed by atoms with Gasteiger partial charge in [-0.15, -0.1) is 0 Å². The SMILES string of the molecule is CC(C)OCCOCC(O)CNC1CCCC1(C)C. The molecule has 0 aromatic carbocycles. The molecule has 2 N–H and O–H groups in total. The van der Waals surface area contributed by atoms with Gasteiger partial charge in [-0.05, 0) is 32.1 Å². The molecule has 0 aromatic heterocycles. The zero-order valence-electron chi connectivity index (χ0n) is 12.9. The molecule has 0 bridgehead atoms. The van der Waals surface area contributed by atoms with Crippen LogP contribution in [0.5, 0.6) is 0 Å². The van der Waals surface area contributed by atoms with Crippen LogP contribution in [0.4, 0.5) is 0 Å². The van der Waals surface area contributed by atoms with Crippen molar-refractivity contribution in [1.82, 2.24) is 5.32 Å². The van der Waals surface area contributed by atoms with E-state index in [0.29, 0.717) is 37.8 Å². The van der Waals surface area contributed by atoms with Crippen LogP contribution in [0, 0.1) is 5.41 Å². The summed E-state index contributed by atoms with van der Waals surface area (Å²) >= 11 is 0. The van der Waals surface area contributed by atoms with E-state index in [1.165, 1.54) is 19.3 Å². The number of rotatable bonds is 9. The van der Waals surface area contributed by atoms with Gasteiger partial charge in [-0.3, -0.25) is 0 Å². The summed E-state index contributed by atoms with van der Waals surface area (Å²) < 4.78 is 10.8. The van der Waals surface area contributed by atoms with Crippen LogP contribution in [0.3, 0.4) is 0 Å². The van der Waals surface area contributed by atoms with Crippen molar-refractivity contribution in [3.63, 3.8) is 0 Å². The van der Waals surface area contributed by atoms with Crippen LogP contribution in [-0.4, -0.2) is 49.7 Å². The van der Waals surface area contributed by atoms with Crippen molar-refractivity contribution >= 4 is 0 Å². The highest BCUT2D eigenvalue weighted by molar-refractivity contribution is 4.90. The predicted octanol–water partition coefficient (Wildman–Crippen LogP) is 1.96. The fourth-order valence-electron chi connectivity index (χ4n) is 2.60. The molecule has 114 valence electrons. The third-order valence-corrected chi connectivity index (χ3v) is 3.85. The third kappa shape index (κ3) is 6.70. The topological polar surface area (TPSA) is 50.7 Å². The Hall–Kier alpha value is -0.160. The molecule has 19 heavy (non-hydrogen) atoms. The van der Waals surface area contributed by atoms with E-state index in [0.717, 1.165) is 0 Å². The molecule has 1 fully saturated rings. The molecule has 2 unspecified atom stereocenters. The van der Waals surface area contributed by atoms with E-state index < -0.39 is 6.10 Å². The number of aliphatic hydroxyl groups is 1. The first-order valence-electron chi connectivity index (χ1n) is 7.52. The Morgan fingerprint density at radius 3 is 2.63 bits per heavy atom. The van der Waals surface area contributed by atoms with E-state index >= 15 is 0 Å². The summed E-state index contributed by atoms with van der Waals surface area (Å²) in [4.78, 5) is 0. The maximum atomic E-state index is 9.86. The van der Waals surface area contributed by atoms with Crippen LogP contribution >= 0.6 is 0 Å². The summed E-state index contributed by atoms with van der Waals surface area (Å²) in [5.41, 5.74) is 0.353. The highest BCUT2D eigenvalue weighted by Crippen LogP contribution is 2.36. The first-order chi connectivity index (χ1) is 8.92. The maximum absolute atomic E-state index is 9.86. The van der Waals surface area contributed by atoms with Gasteiger partial charge in [-0.25, -0.2) is 0 Å². The molecular weight excluding hydrogens is 242 g/mol. The monoisotopic (exact) mass is 273 g/mol. The molecule has 0 spiro atoms. The third-order valence-electron chi connectivity index (χ3n) is 3.85. The molecule has 1 saturated carbocycles. The van der Waals surface area contributed by atoms with Crippen molar-refractivity contribution in [1.29, 1.82) is 0 Å².